The lowest BCUT2D eigenvalue weighted by atomic mass is 10.2. The number of rotatable bonds is 4. The van der Waals surface area contributed by atoms with Gasteiger partial charge in [0.15, 0.2) is 0 Å². The number of aliphatic hydroxyl groups excluding tert-OH is 1. The highest BCUT2D eigenvalue weighted by atomic mass is 16.3. The highest BCUT2D eigenvalue weighted by Gasteiger charge is 2.14. The molecule has 0 saturated carbocycles. The Morgan fingerprint density at radius 2 is 2.40 bits per heavy atom. The fraction of sp³-hybridized carbons (Fsp3) is 0.400. The highest BCUT2D eigenvalue weighted by Crippen LogP contribution is 2.13. The van der Waals surface area contributed by atoms with Crippen molar-refractivity contribution in [3.63, 3.8) is 0 Å². The summed E-state index contributed by atoms with van der Waals surface area (Å²) in [5.74, 6) is -0.571. The van der Waals surface area contributed by atoms with Crippen LogP contribution >= 0.6 is 0 Å². The first-order valence-corrected chi connectivity index (χ1v) is 4.73. The van der Waals surface area contributed by atoms with Gasteiger partial charge in [-0.05, 0) is 12.5 Å². The summed E-state index contributed by atoms with van der Waals surface area (Å²) in [7, 11) is 0. The van der Waals surface area contributed by atoms with Crippen molar-refractivity contribution in [1.82, 2.24) is 10.3 Å². The number of carbonyl (C=O) groups is 1. The van der Waals surface area contributed by atoms with E-state index in [1.54, 1.807) is 0 Å². The third-order valence-electron chi connectivity index (χ3n) is 2.09. The van der Waals surface area contributed by atoms with Gasteiger partial charge in [-0.25, -0.2) is 0 Å². The van der Waals surface area contributed by atoms with Crippen LogP contribution in [0.15, 0.2) is 18.5 Å². The number of nitrogens with zero attached hydrogens (tertiary/aromatic N) is 1. The number of hydrogen-bond acceptors (Lipinski definition) is 4. The molecular formula is C10H14N2O3. The van der Waals surface area contributed by atoms with Gasteiger partial charge < -0.3 is 15.5 Å². The molecule has 1 heterocycles. The van der Waals surface area contributed by atoms with Crippen molar-refractivity contribution in [3.05, 3.63) is 24.0 Å². The van der Waals surface area contributed by atoms with Gasteiger partial charge in [0.2, 0.25) is 0 Å². The Labute approximate surface area is 87.8 Å². The molecule has 0 radical (unpaired) electrons. The van der Waals surface area contributed by atoms with E-state index >= 15 is 0 Å². The summed E-state index contributed by atoms with van der Waals surface area (Å²) < 4.78 is 0. The summed E-state index contributed by atoms with van der Waals surface area (Å²) in [6, 6.07) is 1.14. The molecule has 0 fully saturated rings. The second kappa shape index (κ2) is 5.31. The van der Waals surface area contributed by atoms with Crippen molar-refractivity contribution in [1.29, 1.82) is 0 Å². The SMILES string of the molecule is CC[C@H](CO)NC(=O)c1ccncc1O. The Balaban J connectivity index is 2.73. The zero-order valence-corrected chi connectivity index (χ0v) is 8.47. The van der Waals surface area contributed by atoms with E-state index in [4.69, 9.17) is 5.11 Å². The zero-order valence-electron chi connectivity index (χ0n) is 8.47. The predicted molar refractivity (Wildman–Crippen MR) is 54.5 cm³/mol. The average molecular weight is 210 g/mol. The Bertz CT molecular complexity index is 337. The van der Waals surface area contributed by atoms with E-state index in [1.807, 2.05) is 6.92 Å². The number of aliphatic hydroxyl groups is 1. The summed E-state index contributed by atoms with van der Waals surface area (Å²) in [6.07, 6.45) is 3.26. The lowest BCUT2D eigenvalue weighted by Gasteiger charge is -2.14. The van der Waals surface area contributed by atoms with Gasteiger partial charge in [0.05, 0.1) is 24.4 Å². The van der Waals surface area contributed by atoms with Crippen LogP contribution in [0.4, 0.5) is 0 Å². The third kappa shape index (κ3) is 2.92. The molecule has 1 aromatic rings. The molecule has 0 aliphatic carbocycles. The fourth-order valence-electron chi connectivity index (χ4n) is 1.12. The lowest BCUT2D eigenvalue weighted by molar-refractivity contribution is 0.0912. The van der Waals surface area contributed by atoms with Gasteiger partial charge >= 0.3 is 0 Å². The van der Waals surface area contributed by atoms with Gasteiger partial charge in [-0.3, -0.25) is 9.78 Å². The van der Waals surface area contributed by atoms with Crippen molar-refractivity contribution in [2.45, 2.75) is 19.4 Å². The molecule has 0 aliphatic heterocycles. The number of hydrogen-bond donors (Lipinski definition) is 3. The Morgan fingerprint density at radius 3 is 2.93 bits per heavy atom. The standard InChI is InChI=1S/C10H14N2O3/c1-2-7(6-13)12-10(15)8-3-4-11-5-9(8)14/h3-5,7,13-14H,2,6H2,1H3,(H,12,15)/t7-/m1/s1. The number of pyridine rings is 1. The van der Waals surface area contributed by atoms with Crippen LogP contribution in [-0.4, -0.2) is 33.8 Å². The molecular weight excluding hydrogens is 196 g/mol. The van der Waals surface area contributed by atoms with E-state index in [0.29, 0.717) is 6.42 Å². The summed E-state index contributed by atoms with van der Waals surface area (Å²) >= 11 is 0. The first-order valence-electron chi connectivity index (χ1n) is 4.73. The van der Waals surface area contributed by atoms with Crippen molar-refractivity contribution in [2.75, 3.05) is 6.61 Å². The molecule has 3 N–H and O–H groups in total. The van der Waals surface area contributed by atoms with Gasteiger partial charge in [-0.1, -0.05) is 6.92 Å². The summed E-state index contributed by atoms with van der Waals surface area (Å²) in [6.45, 7) is 1.74. The van der Waals surface area contributed by atoms with E-state index in [1.165, 1.54) is 18.5 Å². The molecule has 1 atom stereocenters. The molecule has 5 nitrogen and oxygen atoms in total. The largest absolute Gasteiger partial charge is 0.505 e. The van der Waals surface area contributed by atoms with Crippen LogP contribution in [0, 0.1) is 0 Å². The van der Waals surface area contributed by atoms with Crippen LogP contribution in [0.1, 0.15) is 23.7 Å². The lowest BCUT2D eigenvalue weighted by Crippen LogP contribution is -2.36. The minimum absolute atomic E-state index is 0.117. The Morgan fingerprint density at radius 1 is 1.67 bits per heavy atom. The summed E-state index contributed by atoms with van der Waals surface area (Å²) in [5.41, 5.74) is 0.164. The maximum Gasteiger partial charge on any atom is 0.255 e. The van der Waals surface area contributed by atoms with Crippen molar-refractivity contribution >= 4 is 5.91 Å². The molecule has 15 heavy (non-hydrogen) atoms. The van der Waals surface area contributed by atoms with E-state index in [9.17, 15) is 9.90 Å². The van der Waals surface area contributed by atoms with Crippen LogP contribution in [0.25, 0.3) is 0 Å². The van der Waals surface area contributed by atoms with Gasteiger partial charge in [0.25, 0.3) is 5.91 Å². The smallest absolute Gasteiger partial charge is 0.255 e. The van der Waals surface area contributed by atoms with Gasteiger partial charge in [-0.15, -0.1) is 0 Å². The molecule has 0 bridgehead atoms. The van der Waals surface area contributed by atoms with Gasteiger partial charge in [0.1, 0.15) is 5.75 Å². The molecule has 0 aromatic carbocycles. The van der Waals surface area contributed by atoms with Crippen LogP contribution < -0.4 is 5.32 Å². The van der Waals surface area contributed by atoms with Crippen LogP contribution in [0.3, 0.4) is 0 Å². The third-order valence-corrected chi connectivity index (χ3v) is 2.09. The topological polar surface area (TPSA) is 82.5 Å². The second-order valence-electron chi connectivity index (χ2n) is 3.15. The first kappa shape index (κ1) is 11.5. The molecule has 1 amide bonds. The number of aromatic hydroxyl groups is 1. The number of aromatic nitrogens is 1. The quantitative estimate of drug-likeness (QED) is 0.667. The maximum atomic E-state index is 11.6. The molecule has 1 rings (SSSR count). The zero-order chi connectivity index (χ0) is 11.3. The van der Waals surface area contributed by atoms with Crippen molar-refractivity contribution < 1.29 is 15.0 Å². The van der Waals surface area contributed by atoms with Crippen LogP contribution in [-0.2, 0) is 0 Å². The van der Waals surface area contributed by atoms with Gasteiger partial charge in [0, 0.05) is 6.20 Å². The van der Waals surface area contributed by atoms with Crippen molar-refractivity contribution in [3.8, 4) is 5.75 Å². The molecule has 0 spiro atoms. The van der Waals surface area contributed by atoms with E-state index in [2.05, 4.69) is 10.3 Å². The normalized spacial score (nSPS) is 12.1. The predicted octanol–water partition coefficient (Wildman–Crippen LogP) is 0.288. The van der Waals surface area contributed by atoms with Gasteiger partial charge in [-0.2, -0.15) is 0 Å². The Hall–Kier alpha value is -1.62. The van der Waals surface area contributed by atoms with Crippen LogP contribution in [0.2, 0.25) is 0 Å². The fourth-order valence-corrected chi connectivity index (χ4v) is 1.12. The highest BCUT2D eigenvalue weighted by molar-refractivity contribution is 5.96. The minimum atomic E-state index is -0.407. The number of carbonyl (C=O) groups excluding carboxylic acids is 1. The monoisotopic (exact) mass is 210 g/mol. The molecule has 0 unspecified atom stereocenters. The number of amides is 1. The van der Waals surface area contributed by atoms with E-state index in [-0.39, 0.29) is 24.0 Å². The van der Waals surface area contributed by atoms with Crippen LogP contribution in [0.5, 0.6) is 5.75 Å². The number of nitrogens with one attached hydrogen (secondary N) is 1. The average Bonchev–Trinajstić information content (AvgIpc) is 2.26. The second-order valence-corrected chi connectivity index (χ2v) is 3.15. The molecule has 5 heteroatoms. The Kier molecular flexibility index (Phi) is 4.05. The maximum absolute atomic E-state index is 11.6. The molecule has 0 saturated heterocycles. The summed E-state index contributed by atoms with van der Waals surface area (Å²) in [4.78, 5) is 15.3. The van der Waals surface area contributed by atoms with Crippen molar-refractivity contribution in [2.24, 2.45) is 0 Å². The molecule has 82 valence electrons. The van der Waals surface area contributed by atoms with E-state index in [0.717, 1.165) is 0 Å². The van der Waals surface area contributed by atoms with E-state index < -0.39 is 5.91 Å². The summed E-state index contributed by atoms with van der Waals surface area (Å²) in [5, 5.41) is 20.9. The minimum Gasteiger partial charge on any atom is -0.505 e. The first-order chi connectivity index (χ1) is 7.19. The molecule has 0 aliphatic rings. The molecule has 1 aromatic heterocycles.